The third kappa shape index (κ3) is 9.44. The smallest absolute Gasteiger partial charge is 0.340 e. The molecule has 0 fully saturated rings. The molecule has 1 unspecified atom stereocenters. The van der Waals surface area contributed by atoms with Crippen LogP contribution in [-0.2, 0) is 14.3 Å². The maximum atomic E-state index is 11.4. The minimum Gasteiger partial charge on any atom is -0.481 e. The number of unbranched alkanes of at least 4 members (excludes halogenated alkanes) is 9. The van der Waals surface area contributed by atoms with Crippen LogP contribution in [0.25, 0.3) is 0 Å². The zero-order valence-corrected chi connectivity index (χ0v) is 15.1. The summed E-state index contributed by atoms with van der Waals surface area (Å²) in [6.07, 6.45) is 18.6. The third-order valence-corrected chi connectivity index (χ3v) is 4.54. The number of carbonyl (C=O) groups is 2. The number of carboxylic acids is 2. The molecule has 0 saturated carbocycles. The summed E-state index contributed by atoms with van der Waals surface area (Å²) in [5, 5.41) is 17.9. The van der Waals surface area contributed by atoms with E-state index in [9.17, 15) is 14.7 Å². The van der Waals surface area contributed by atoms with Crippen LogP contribution in [0.1, 0.15) is 77.0 Å². The molecule has 0 aromatic carbocycles. The first-order valence-electron chi connectivity index (χ1n) is 9.50. The Balaban J connectivity index is 1.92. The van der Waals surface area contributed by atoms with E-state index in [0.717, 1.165) is 38.5 Å². The number of rotatable bonds is 15. The van der Waals surface area contributed by atoms with Crippen LogP contribution in [0.2, 0.25) is 0 Å². The molecule has 0 aromatic rings. The minimum atomic E-state index is -1.17. The van der Waals surface area contributed by atoms with E-state index in [-0.39, 0.29) is 6.42 Å². The van der Waals surface area contributed by atoms with Crippen LogP contribution in [-0.4, -0.2) is 34.4 Å². The highest BCUT2D eigenvalue weighted by Crippen LogP contribution is 2.23. The first-order chi connectivity index (χ1) is 12.1. The number of hydrogen-bond acceptors (Lipinski definition) is 3. The molecular formula is C20H32O5. The normalized spacial score (nSPS) is 19.2. The first kappa shape index (κ1) is 21.4. The average molecular weight is 352 g/mol. The quantitative estimate of drug-likeness (QED) is 0.417. The van der Waals surface area contributed by atoms with Crippen molar-refractivity contribution in [3.63, 3.8) is 0 Å². The van der Waals surface area contributed by atoms with E-state index in [1.165, 1.54) is 25.7 Å². The van der Waals surface area contributed by atoms with E-state index in [1.807, 2.05) is 12.2 Å². The lowest BCUT2D eigenvalue weighted by Crippen LogP contribution is -2.40. The van der Waals surface area contributed by atoms with E-state index < -0.39 is 17.5 Å². The second kappa shape index (κ2) is 12.7. The molecule has 5 heteroatoms. The van der Waals surface area contributed by atoms with E-state index in [4.69, 9.17) is 9.84 Å². The second-order valence-corrected chi connectivity index (χ2v) is 6.71. The maximum Gasteiger partial charge on any atom is 0.340 e. The predicted octanol–water partition coefficient (Wildman–Crippen LogP) is 4.72. The fourth-order valence-corrected chi connectivity index (χ4v) is 2.97. The summed E-state index contributed by atoms with van der Waals surface area (Å²) < 4.78 is 5.65. The summed E-state index contributed by atoms with van der Waals surface area (Å²) >= 11 is 0. The van der Waals surface area contributed by atoms with Crippen molar-refractivity contribution >= 4 is 11.9 Å². The number of allylic oxidation sites excluding steroid dienone is 2. The van der Waals surface area contributed by atoms with E-state index in [0.29, 0.717) is 13.0 Å². The van der Waals surface area contributed by atoms with Crippen molar-refractivity contribution in [3.05, 3.63) is 24.3 Å². The highest BCUT2D eigenvalue weighted by molar-refractivity contribution is 5.81. The second-order valence-electron chi connectivity index (χ2n) is 6.71. The lowest BCUT2D eigenvalue weighted by molar-refractivity contribution is -0.159. The van der Waals surface area contributed by atoms with Gasteiger partial charge in [0.15, 0.2) is 5.60 Å². The molecule has 1 aliphatic rings. The first-order valence-corrected chi connectivity index (χ1v) is 9.50. The zero-order valence-electron chi connectivity index (χ0n) is 15.1. The van der Waals surface area contributed by atoms with Crippen molar-refractivity contribution in [2.45, 2.75) is 82.7 Å². The maximum absolute atomic E-state index is 11.4. The predicted molar refractivity (Wildman–Crippen MR) is 97.6 cm³/mol. The molecule has 0 radical (unpaired) electrons. The van der Waals surface area contributed by atoms with Gasteiger partial charge in [0.2, 0.25) is 0 Å². The van der Waals surface area contributed by atoms with Crippen molar-refractivity contribution < 1.29 is 24.5 Å². The Hall–Kier alpha value is -1.62. The molecular weight excluding hydrogens is 320 g/mol. The van der Waals surface area contributed by atoms with Gasteiger partial charge in [-0.3, -0.25) is 4.79 Å². The molecule has 5 nitrogen and oxygen atoms in total. The monoisotopic (exact) mass is 352 g/mol. The summed E-state index contributed by atoms with van der Waals surface area (Å²) in [5.74, 6) is -1.62. The molecule has 1 atom stereocenters. The Morgan fingerprint density at radius 3 is 1.88 bits per heavy atom. The minimum absolute atomic E-state index is 0.289. The van der Waals surface area contributed by atoms with Gasteiger partial charge in [-0.2, -0.15) is 0 Å². The molecule has 0 aliphatic heterocycles. The van der Waals surface area contributed by atoms with Gasteiger partial charge >= 0.3 is 11.9 Å². The van der Waals surface area contributed by atoms with Crippen molar-refractivity contribution in [2.75, 3.05) is 6.61 Å². The van der Waals surface area contributed by atoms with Crippen LogP contribution >= 0.6 is 0 Å². The molecule has 0 bridgehead atoms. The van der Waals surface area contributed by atoms with Gasteiger partial charge in [0.05, 0.1) is 0 Å². The highest BCUT2D eigenvalue weighted by Gasteiger charge is 2.36. The molecule has 1 aliphatic carbocycles. The molecule has 0 spiro atoms. The summed E-state index contributed by atoms with van der Waals surface area (Å²) in [5.41, 5.74) is -1.17. The number of aliphatic carboxylic acids is 2. The van der Waals surface area contributed by atoms with Crippen LogP contribution in [0, 0.1) is 0 Å². The Kier molecular flexibility index (Phi) is 10.9. The Morgan fingerprint density at radius 2 is 1.40 bits per heavy atom. The molecule has 0 amide bonds. The molecule has 0 heterocycles. The Morgan fingerprint density at radius 1 is 0.840 bits per heavy atom. The number of hydrogen-bond donors (Lipinski definition) is 2. The molecule has 1 rings (SSSR count). The van der Waals surface area contributed by atoms with Crippen molar-refractivity contribution in [1.82, 2.24) is 0 Å². The van der Waals surface area contributed by atoms with Crippen LogP contribution in [0.3, 0.4) is 0 Å². The Bertz CT molecular complexity index is 455. The van der Waals surface area contributed by atoms with Crippen LogP contribution in [0.15, 0.2) is 24.3 Å². The van der Waals surface area contributed by atoms with Gasteiger partial charge in [0.1, 0.15) is 0 Å². The summed E-state index contributed by atoms with van der Waals surface area (Å²) in [7, 11) is 0. The zero-order chi connectivity index (χ0) is 18.4. The fraction of sp³-hybridized carbons (Fsp3) is 0.700. The molecule has 0 saturated heterocycles. The van der Waals surface area contributed by atoms with E-state index in [2.05, 4.69) is 0 Å². The van der Waals surface area contributed by atoms with Crippen molar-refractivity contribution in [3.8, 4) is 0 Å². The summed E-state index contributed by atoms with van der Waals surface area (Å²) in [6, 6.07) is 0. The third-order valence-electron chi connectivity index (χ3n) is 4.54. The van der Waals surface area contributed by atoms with Gasteiger partial charge in [-0.15, -0.1) is 0 Å². The van der Waals surface area contributed by atoms with E-state index >= 15 is 0 Å². The fourth-order valence-electron chi connectivity index (χ4n) is 2.97. The SMILES string of the molecule is O=C(O)CCCCCCCCCCCCOC1(C(=O)O)C=CC=CC1. The van der Waals surface area contributed by atoms with Gasteiger partial charge in [-0.1, -0.05) is 69.6 Å². The molecule has 0 aromatic heterocycles. The Labute approximate surface area is 150 Å². The average Bonchev–Trinajstić information content (AvgIpc) is 2.59. The summed E-state index contributed by atoms with van der Waals surface area (Å²) in [6.45, 7) is 0.480. The van der Waals surface area contributed by atoms with Gasteiger partial charge in [0, 0.05) is 19.4 Å². The van der Waals surface area contributed by atoms with Gasteiger partial charge < -0.3 is 14.9 Å². The molecule has 142 valence electrons. The van der Waals surface area contributed by atoms with Gasteiger partial charge in [-0.05, 0) is 18.9 Å². The van der Waals surface area contributed by atoms with Crippen molar-refractivity contribution in [1.29, 1.82) is 0 Å². The lowest BCUT2D eigenvalue weighted by Gasteiger charge is -2.26. The highest BCUT2D eigenvalue weighted by atomic mass is 16.5. The van der Waals surface area contributed by atoms with Crippen molar-refractivity contribution in [2.24, 2.45) is 0 Å². The number of carboxylic acid groups (broad SMARTS) is 2. The van der Waals surface area contributed by atoms with Gasteiger partial charge in [0.25, 0.3) is 0 Å². The van der Waals surface area contributed by atoms with Crippen LogP contribution in [0.5, 0.6) is 0 Å². The van der Waals surface area contributed by atoms with Crippen LogP contribution in [0.4, 0.5) is 0 Å². The molecule has 2 N–H and O–H groups in total. The number of ether oxygens (including phenoxy) is 1. The largest absolute Gasteiger partial charge is 0.481 e. The molecule has 25 heavy (non-hydrogen) atoms. The van der Waals surface area contributed by atoms with Crippen LogP contribution < -0.4 is 0 Å². The van der Waals surface area contributed by atoms with Gasteiger partial charge in [-0.25, -0.2) is 4.79 Å². The topological polar surface area (TPSA) is 83.8 Å². The standard InChI is InChI=1S/C20H32O5/c21-18(22)14-10-7-5-3-1-2-4-6-8-13-17-25-20(19(23)24)15-11-9-12-16-20/h9,11-12,15H,1-8,10,13-14,16-17H2,(H,21,22)(H,23,24). The lowest BCUT2D eigenvalue weighted by atomic mass is 9.95. The van der Waals surface area contributed by atoms with E-state index in [1.54, 1.807) is 12.2 Å². The summed E-state index contributed by atoms with van der Waals surface area (Å²) in [4.78, 5) is 21.8.